The second kappa shape index (κ2) is 2.69. The normalized spacial score (nSPS) is 31.2. The van der Waals surface area contributed by atoms with E-state index < -0.39 is 29.4 Å². The smallest absolute Gasteiger partial charge is 0.161 e. The Bertz CT molecular complexity index is 241. The summed E-state index contributed by atoms with van der Waals surface area (Å²) in [4.78, 5) is 0. The standard InChI is InChI=1S/C7H11NO4/c1-2-4(9)6(11)3(8)7(12)5(2)10/h3,6,9-12H,8H2,1H3. The first-order chi connectivity index (χ1) is 5.46. The minimum Gasteiger partial charge on any atom is -0.509 e. The van der Waals surface area contributed by atoms with Crippen LogP contribution >= 0.6 is 0 Å². The highest BCUT2D eigenvalue weighted by molar-refractivity contribution is 5.37. The van der Waals surface area contributed by atoms with Crippen molar-refractivity contribution in [2.24, 2.45) is 5.73 Å². The Morgan fingerprint density at radius 3 is 2.17 bits per heavy atom. The monoisotopic (exact) mass is 173 g/mol. The summed E-state index contributed by atoms with van der Waals surface area (Å²) in [6, 6.07) is -1.16. The molecule has 6 N–H and O–H groups in total. The van der Waals surface area contributed by atoms with Crippen LogP contribution < -0.4 is 5.73 Å². The SMILES string of the molecule is CC1=C(O)C(O)C(N)C(O)=C1O. The van der Waals surface area contributed by atoms with E-state index in [-0.39, 0.29) is 5.57 Å². The van der Waals surface area contributed by atoms with Crippen molar-refractivity contribution in [2.45, 2.75) is 19.1 Å². The van der Waals surface area contributed by atoms with Crippen LogP contribution in [-0.4, -0.2) is 32.6 Å². The van der Waals surface area contributed by atoms with Gasteiger partial charge in [0.2, 0.25) is 0 Å². The van der Waals surface area contributed by atoms with Crippen molar-refractivity contribution in [3.8, 4) is 0 Å². The van der Waals surface area contributed by atoms with Gasteiger partial charge < -0.3 is 26.2 Å². The molecule has 0 spiro atoms. The van der Waals surface area contributed by atoms with Gasteiger partial charge in [0, 0.05) is 5.57 Å². The highest BCUT2D eigenvalue weighted by Crippen LogP contribution is 2.25. The quantitative estimate of drug-likeness (QED) is 0.350. The van der Waals surface area contributed by atoms with Crippen molar-refractivity contribution in [2.75, 3.05) is 0 Å². The third kappa shape index (κ3) is 1.03. The number of rotatable bonds is 0. The van der Waals surface area contributed by atoms with Gasteiger partial charge in [-0.05, 0) is 6.92 Å². The minimum absolute atomic E-state index is 0.0432. The van der Waals surface area contributed by atoms with Crippen molar-refractivity contribution in [1.29, 1.82) is 0 Å². The molecule has 5 heteroatoms. The first-order valence-electron chi connectivity index (χ1n) is 3.42. The third-order valence-electron chi connectivity index (χ3n) is 1.92. The van der Waals surface area contributed by atoms with Crippen molar-refractivity contribution in [1.82, 2.24) is 0 Å². The number of nitrogens with two attached hydrogens (primary N) is 1. The summed E-state index contributed by atoms with van der Waals surface area (Å²) in [5, 5.41) is 36.5. The summed E-state index contributed by atoms with van der Waals surface area (Å²) in [5.41, 5.74) is 5.30. The highest BCUT2D eigenvalue weighted by atomic mass is 16.3. The van der Waals surface area contributed by atoms with Crippen LogP contribution in [-0.2, 0) is 0 Å². The molecule has 0 aromatic rings. The van der Waals surface area contributed by atoms with Crippen molar-refractivity contribution in [3.63, 3.8) is 0 Å². The van der Waals surface area contributed by atoms with Gasteiger partial charge in [-0.3, -0.25) is 0 Å². The minimum atomic E-state index is -1.35. The van der Waals surface area contributed by atoms with E-state index in [9.17, 15) is 0 Å². The van der Waals surface area contributed by atoms with Gasteiger partial charge in [-0.2, -0.15) is 0 Å². The molecule has 1 aliphatic carbocycles. The van der Waals surface area contributed by atoms with Crippen molar-refractivity contribution < 1.29 is 20.4 Å². The molecule has 2 unspecified atom stereocenters. The first-order valence-corrected chi connectivity index (χ1v) is 3.42. The molecule has 1 rings (SSSR count). The average Bonchev–Trinajstić information content (AvgIpc) is 2.08. The molecular formula is C7H11NO4. The largest absolute Gasteiger partial charge is 0.509 e. The van der Waals surface area contributed by atoms with Crippen molar-refractivity contribution in [3.05, 3.63) is 22.9 Å². The average molecular weight is 173 g/mol. The summed E-state index contributed by atoms with van der Waals surface area (Å²) in [6.45, 7) is 1.37. The molecule has 5 nitrogen and oxygen atoms in total. The topological polar surface area (TPSA) is 107 Å². The second-order valence-electron chi connectivity index (χ2n) is 2.71. The fourth-order valence-electron chi connectivity index (χ4n) is 1.01. The molecular weight excluding hydrogens is 162 g/mol. The van der Waals surface area contributed by atoms with Gasteiger partial charge in [0.1, 0.15) is 11.9 Å². The third-order valence-corrected chi connectivity index (χ3v) is 1.92. The second-order valence-corrected chi connectivity index (χ2v) is 2.71. The van der Waals surface area contributed by atoms with Crippen LogP contribution in [0.25, 0.3) is 0 Å². The van der Waals surface area contributed by atoms with E-state index in [1.807, 2.05) is 0 Å². The van der Waals surface area contributed by atoms with Gasteiger partial charge in [0.25, 0.3) is 0 Å². The maximum atomic E-state index is 9.17. The predicted molar refractivity (Wildman–Crippen MR) is 41.6 cm³/mol. The molecule has 12 heavy (non-hydrogen) atoms. The van der Waals surface area contributed by atoms with E-state index in [1.54, 1.807) is 0 Å². The maximum absolute atomic E-state index is 9.17. The molecule has 0 bridgehead atoms. The molecule has 0 aromatic carbocycles. The number of aliphatic hydroxyl groups is 4. The zero-order valence-electron chi connectivity index (χ0n) is 6.52. The van der Waals surface area contributed by atoms with Crippen molar-refractivity contribution >= 4 is 0 Å². The van der Waals surface area contributed by atoms with Gasteiger partial charge in [-0.1, -0.05) is 0 Å². The Kier molecular flexibility index (Phi) is 1.99. The molecule has 0 amide bonds. The molecule has 0 saturated heterocycles. The molecule has 0 saturated carbocycles. The molecule has 2 atom stereocenters. The zero-order chi connectivity index (χ0) is 9.46. The molecule has 0 aromatic heterocycles. The van der Waals surface area contributed by atoms with Gasteiger partial charge in [-0.25, -0.2) is 0 Å². The summed E-state index contributed by atoms with van der Waals surface area (Å²) in [7, 11) is 0. The van der Waals surface area contributed by atoms with E-state index >= 15 is 0 Å². The Labute approximate surface area is 69.1 Å². The van der Waals surface area contributed by atoms with E-state index in [2.05, 4.69) is 0 Å². The lowest BCUT2D eigenvalue weighted by atomic mass is 9.96. The predicted octanol–water partition coefficient (Wildman–Crippen LogP) is -0.152. The maximum Gasteiger partial charge on any atom is 0.161 e. The lowest BCUT2D eigenvalue weighted by Gasteiger charge is -2.24. The molecule has 0 radical (unpaired) electrons. The van der Waals surface area contributed by atoms with Gasteiger partial charge in [-0.15, -0.1) is 0 Å². The number of hydrogen-bond acceptors (Lipinski definition) is 5. The van der Waals surface area contributed by atoms with E-state index in [4.69, 9.17) is 26.2 Å². The van der Waals surface area contributed by atoms with Gasteiger partial charge >= 0.3 is 0 Å². The lowest BCUT2D eigenvalue weighted by Crippen LogP contribution is -2.41. The van der Waals surface area contributed by atoms with E-state index in [0.29, 0.717) is 0 Å². The fraction of sp³-hybridized carbons (Fsp3) is 0.429. The molecule has 0 aliphatic heterocycles. The van der Waals surface area contributed by atoms with Crippen LogP contribution in [0.5, 0.6) is 0 Å². The molecule has 68 valence electrons. The van der Waals surface area contributed by atoms with E-state index in [1.165, 1.54) is 6.92 Å². The number of allylic oxidation sites excluding steroid dienone is 1. The number of hydrogen-bond donors (Lipinski definition) is 5. The first kappa shape index (κ1) is 8.89. The van der Waals surface area contributed by atoms with Gasteiger partial charge in [0.15, 0.2) is 11.5 Å². The van der Waals surface area contributed by atoms with E-state index in [0.717, 1.165) is 0 Å². The zero-order valence-corrected chi connectivity index (χ0v) is 6.52. The number of aliphatic hydroxyl groups excluding tert-OH is 4. The van der Waals surface area contributed by atoms with Gasteiger partial charge in [0.05, 0.1) is 6.04 Å². The highest BCUT2D eigenvalue weighted by Gasteiger charge is 2.32. The Balaban J connectivity index is 3.18. The molecule has 1 aliphatic rings. The Morgan fingerprint density at radius 2 is 1.67 bits per heavy atom. The van der Waals surface area contributed by atoms with Crippen LogP contribution in [0.1, 0.15) is 6.92 Å². The summed E-state index contributed by atoms with van der Waals surface area (Å²) >= 11 is 0. The Morgan fingerprint density at radius 1 is 1.17 bits per heavy atom. The summed E-state index contributed by atoms with van der Waals surface area (Å²) < 4.78 is 0. The summed E-state index contributed by atoms with van der Waals surface area (Å²) in [6.07, 6.45) is -1.35. The summed E-state index contributed by atoms with van der Waals surface area (Å²) in [5.74, 6) is -1.37. The van der Waals surface area contributed by atoms with Crippen LogP contribution in [0.2, 0.25) is 0 Å². The molecule has 0 heterocycles. The Hall–Kier alpha value is -1.20. The van der Waals surface area contributed by atoms with Crippen LogP contribution in [0, 0.1) is 0 Å². The lowest BCUT2D eigenvalue weighted by molar-refractivity contribution is 0.107. The van der Waals surface area contributed by atoms with Crippen LogP contribution in [0.3, 0.4) is 0 Å². The fourth-order valence-corrected chi connectivity index (χ4v) is 1.01. The van der Waals surface area contributed by atoms with Crippen LogP contribution in [0.15, 0.2) is 22.9 Å². The molecule has 0 fully saturated rings. The van der Waals surface area contributed by atoms with Crippen LogP contribution in [0.4, 0.5) is 0 Å².